The molecule has 5 aromatic rings. The monoisotopic (exact) mass is 551 g/mol. The first-order valence-electron chi connectivity index (χ1n) is 12.4. The Kier molecular flexibility index (Phi) is 7.21. The van der Waals surface area contributed by atoms with Crippen molar-refractivity contribution in [2.24, 2.45) is 0 Å². The number of benzene rings is 3. The maximum Gasteiger partial charge on any atom is 0.174 e. The van der Waals surface area contributed by atoms with Crippen molar-refractivity contribution < 1.29 is 13.9 Å². The lowest BCUT2D eigenvalue weighted by Gasteiger charge is -2.26. The van der Waals surface area contributed by atoms with Crippen LogP contribution in [0.3, 0.4) is 0 Å². The number of furan rings is 1. The average molecular weight is 552 g/mol. The highest BCUT2D eigenvalue weighted by molar-refractivity contribution is 7.99. The average Bonchev–Trinajstić information content (AvgIpc) is 3.58. The second-order valence-electron chi connectivity index (χ2n) is 8.84. The summed E-state index contributed by atoms with van der Waals surface area (Å²) in [7, 11) is 1.64. The number of methoxy groups -OCH3 is 1. The van der Waals surface area contributed by atoms with Crippen molar-refractivity contribution in [3.63, 3.8) is 0 Å². The third-order valence-electron chi connectivity index (χ3n) is 6.36. The van der Waals surface area contributed by atoms with Crippen LogP contribution >= 0.6 is 24.0 Å². The first-order valence-corrected chi connectivity index (χ1v) is 13.7. The van der Waals surface area contributed by atoms with E-state index in [-0.39, 0.29) is 12.1 Å². The molecule has 6 rings (SSSR count). The summed E-state index contributed by atoms with van der Waals surface area (Å²) in [6.07, 6.45) is 1.80. The molecule has 3 aromatic carbocycles. The molecule has 1 aliphatic heterocycles. The van der Waals surface area contributed by atoms with Crippen LogP contribution in [-0.4, -0.2) is 17.2 Å². The Hall–Kier alpha value is -4.27. The molecule has 2 unspecified atom stereocenters. The van der Waals surface area contributed by atoms with Crippen LogP contribution in [-0.2, 0) is 0 Å². The molecule has 0 saturated carbocycles. The molecule has 2 aromatic heterocycles. The van der Waals surface area contributed by atoms with Gasteiger partial charge in [-0.25, -0.2) is 0 Å². The van der Waals surface area contributed by atoms with Crippen molar-refractivity contribution in [2.75, 3.05) is 12.0 Å². The van der Waals surface area contributed by atoms with Gasteiger partial charge < -0.3 is 24.1 Å². The smallest absolute Gasteiger partial charge is 0.174 e. The van der Waals surface area contributed by atoms with E-state index in [1.807, 2.05) is 97.1 Å². The minimum Gasteiger partial charge on any atom is -0.497 e. The van der Waals surface area contributed by atoms with Gasteiger partial charge in [-0.3, -0.25) is 4.98 Å². The Labute approximate surface area is 236 Å². The minimum absolute atomic E-state index is 0.186. The van der Waals surface area contributed by atoms with Gasteiger partial charge in [-0.15, -0.1) is 0 Å². The van der Waals surface area contributed by atoms with Crippen LogP contribution in [0, 0.1) is 0 Å². The maximum absolute atomic E-state index is 6.40. The van der Waals surface area contributed by atoms with Crippen molar-refractivity contribution in [1.82, 2.24) is 10.3 Å². The van der Waals surface area contributed by atoms with Crippen LogP contribution in [0.4, 0.5) is 5.69 Å². The van der Waals surface area contributed by atoms with Crippen molar-refractivity contribution in [3.8, 4) is 17.2 Å². The molecule has 8 heteroatoms. The zero-order valence-electron chi connectivity index (χ0n) is 21.1. The molecule has 1 fully saturated rings. The van der Waals surface area contributed by atoms with Gasteiger partial charge in [0.2, 0.25) is 0 Å². The van der Waals surface area contributed by atoms with Crippen LogP contribution in [0.15, 0.2) is 130 Å². The highest BCUT2D eigenvalue weighted by atomic mass is 32.2. The molecule has 0 amide bonds. The Bertz CT molecular complexity index is 1540. The number of hydrogen-bond acceptors (Lipinski definition) is 6. The minimum atomic E-state index is -0.231. The predicted molar refractivity (Wildman–Crippen MR) is 157 cm³/mol. The topological polar surface area (TPSA) is 59.8 Å². The van der Waals surface area contributed by atoms with Gasteiger partial charge in [0, 0.05) is 16.8 Å². The number of nitrogens with one attached hydrogen (secondary N) is 1. The van der Waals surface area contributed by atoms with Crippen LogP contribution in [0.25, 0.3) is 0 Å². The normalized spacial score (nSPS) is 16.6. The zero-order valence-corrected chi connectivity index (χ0v) is 22.7. The summed E-state index contributed by atoms with van der Waals surface area (Å²) in [6.45, 7) is 0. The van der Waals surface area contributed by atoms with Gasteiger partial charge in [0.15, 0.2) is 10.2 Å². The van der Waals surface area contributed by atoms with E-state index in [1.54, 1.807) is 25.1 Å². The van der Waals surface area contributed by atoms with Gasteiger partial charge in [-0.1, -0.05) is 36.0 Å². The molecule has 0 bridgehead atoms. The van der Waals surface area contributed by atoms with E-state index in [1.165, 1.54) is 0 Å². The van der Waals surface area contributed by atoms with Crippen molar-refractivity contribution in [2.45, 2.75) is 22.1 Å². The lowest BCUT2D eigenvalue weighted by molar-refractivity contribution is 0.383. The first-order chi connectivity index (χ1) is 19.2. The summed E-state index contributed by atoms with van der Waals surface area (Å²) in [5, 5.41) is 4.90. The van der Waals surface area contributed by atoms with Crippen molar-refractivity contribution in [3.05, 3.63) is 127 Å². The van der Waals surface area contributed by atoms with E-state index in [4.69, 9.17) is 26.1 Å². The number of pyridine rings is 1. The molecule has 39 heavy (non-hydrogen) atoms. The molecular weight excluding hydrogens is 526 g/mol. The molecule has 2 atom stereocenters. The van der Waals surface area contributed by atoms with E-state index in [0.717, 1.165) is 44.4 Å². The van der Waals surface area contributed by atoms with E-state index in [2.05, 4.69) is 27.3 Å². The van der Waals surface area contributed by atoms with Crippen LogP contribution < -0.4 is 19.7 Å². The standard InChI is InChI=1S/C31H25N3O3S2/c1-35-22-14-16-24(17-15-22)36-23-12-10-21(11-13-23)34-30(29(33-31(34)38)26-9-5-6-20-32-26)27-18-19-28(37-27)39-25-7-3-2-4-8-25/h2-20,29-30H,1H3,(H,33,38). The fourth-order valence-corrected chi connectivity index (χ4v) is 5.67. The van der Waals surface area contributed by atoms with Crippen molar-refractivity contribution in [1.29, 1.82) is 0 Å². The summed E-state index contributed by atoms with van der Waals surface area (Å²) in [5.41, 5.74) is 1.81. The number of ether oxygens (including phenoxy) is 2. The van der Waals surface area contributed by atoms with Crippen LogP contribution in [0.5, 0.6) is 17.2 Å². The SMILES string of the molecule is COc1ccc(Oc2ccc(N3C(=S)NC(c4ccccn4)C3c3ccc(Sc4ccccc4)o3)cc2)cc1. The molecular formula is C31H25N3O3S2. The van der Waals surface area contributed by atoms with E-state index in [9.17, 15) is 0 Å². The predicted octanol–water partition coefficient (Wildman–Crippen LogP) is 7.80. The zero-order chi connectivity index (χ0) is 26.6. The highest BCUT2D eigenvalue weighted by Crippen LogP contribution is 2.43. The molecule has 0 spiro atoms. The number of thiocarbonyl (C=S) groups is 1. The van der Waals surface area contributed by atoms with Gasteiger partial charge in [0.25, 0.3) is 0 Å². The molecule has 1 saturated heterocycles. The molecule has 194 valence electrons. The maximum atomic E-state index is 6.40. The molecule has 6 nitrogen and oxygen atoms in total. The molecule has 0 radical (unpaired) electrons. The first kappa shape index (κ1) is 25.0. The van der Waals surface area contributed by atoms with Gasteiger partial charge in [0.1, 0.15) is 29.1 Å². The van der Waals surface area contributed by atoms with E-state index < -0.39 is 0 Å². The summed E-state index contributed by atoms with van der Waals surface area (Å²) < 4.78 is 17.7. The number of nitrogens with zero attached hydrogens (tertiary/aromatic N) is 2. The quantitative estimate of drug-likeness (QED) is 0.196. The third kappa shape index (κ3) is 5.48. The lowest BCUT2D eigenvalue weighted by Crippen LogP contribution is -2.29. The molecule has 0 aliphatic carbocycles. The van der Waals surface area contributed by atoms with Gasteiger partial charge in [-0.2, -0.15) is 0 Å². The number of anilines is 1. The van der Waals surface area contributed by atoms with Crippen molar-refractivity contribution >= 4 is 34.8 Å². The number of hydrogen-bond donors (Lipinski definition) is 1. The number of rotatable bonds is 8. The van der Waals surface area contributed by atoms with E-state index >= 15 is 0 Å². The van der Waals surface area contributed by atoms with Crippen LogP contribution in [0.2, 0.25) is 0 Å². The third-order valence-corrected chi connectivity index (χ3v) is 7.61. The summed E-state index contributed by atoms with van der Waals surface area (Å²) in [4.78, 5) is 7.82. The second kappa shape index (κ2) is 11.2. The Balaban J connectivity index is 1.29. The Morgan fingerprint density at radius 3 is 2.21 bits per heavy atom. The summed E-state index contributed by atoms with van der Waals surface area (Å²) in [5.74, 6) is 3.04. The lowest BCUT2D eigenvalue weighted by atomic mass is 10.0. The van der Waals surface area contributed by atoms with Gasteiger partial charge >= 0.3 is 0 Å². The summed E-state index contributed by atoms with van der Waals surface area (Å²) >= 11 is 7.44. The Morgan fingerprint density at radius 1 is 0.821 bits per heavy atom. The van der Waals surface area contributed by atoms with Gasteiger partial charge in [-0.05, 0) is 97.1 Å². The fraction of sp³-hybridized carbons (Fsp3) is 0.0968. The largest absolute Gasteiger partial charge is 0.497 e. The second-order valence-corrected chi connectivity index (χ2v) is 10.3. The van der Waals surface area contributed by atoms with Gasteiger partial charge in [0.05, 0.1) is 18.8 Å². The molecule has 1 N–H and O–H groups in total. The fourth-order valence-electron chi connectivity index (χ4n) is 4.53. The molecule has 1 aliphatic rings. The van der Waals surface area contributed by atoms with Crippen LogP contribution in [0.1, 0.15) is 23.5 Å². The highest BCUT2D eigenvalue weighted by Gasteiger charge is 2.42. The molecule has 3 heterocycles. The number of aromatic nitrogens is 1. The van der Waals surface area contributed by atoms with E-state index in [0.29, 0.717) is 5.11 Å². The Morgan fingerprint density at radius 2 is 1.51 bits per heavy atom. The summed E-state index contributed by atoms with van der Waals surface area (Å²) in [6, 6.07) is 35.1.